The Morgan fingerprint density at radius 1 is 1.55 bits per heavy atom. The van der Waals surface area contributed by atoms with Crippen molar-refractivity contribution in [2.45, 2.75) is 24.9 Å². The number of aliphatic hydroxyl groups is 1. The molecule has 1 aliphatic heterocycles. The van der Waals surface area contributed by atoms with Gasteiger partial charge in [-0.2, -0.15) is 0 Å². The fourth-order valence-corrected chi connectivity index (χ4v) is 2.90. The first kappa shape index (κ1) is 14.5. The number of hydrogen-bond acceptors (Lipinski definition) is 5. The lowest BCUT2D eigenvalue weighted by Gasteiger charge is -2.38. The van der Waals surface area contributed by atoms with Crippen molar-refractivity contribution >= 4 is 22.8 Å². The van der Waals surface area contributed by atoms with Crippen molar-refractivity contribution in [3.63, 3.8) is 0 Å². The first-order valence-corrected chi connectivity index (χ1v) is 7.31. The van der Waals surface area contributed by atoms with E-state index in [-0.39, 0.29) is 24.6 Å². The summed E-state index contributed by atoms with van der Waals surface area (Å²) in [4.78, 5) is 25.1. The normalized spacial score (nSPS) is 21.8. The summed E-state index contributed by atoms with van der Waals surface area (Å²) in [6.45, 7) is 4.02. The molecule has 0 aromatic carbocycles. The van der Waals surface area contributed by atoms with Crippen LogP contribution < -0.4 is 5.32 Å². The fourth-order valence-electron chi connectivity index (χ4n) is 2.90. The lowest BCUT2D eigenvalue weighted by molar-refractivity contribution is -0.130. The van der Waals surface area contributed by atoms with Crippen LogP contribution in [0, 0.1) is 0 Å². The summed E-state index contributed by atoms with van der Waals surface area (Å²) in [5.74, 6) is 0.602. The molecule has 1 saturated heterocycles. The molecule has 0 radical (unpaired) electrons. The summed E-state index contributed by atoms with van der Waals surface area (Å²) in [7, 11) is 0. The zero-order valence-corrected chi connectivity index (χ0v) is 12.2. The smallest absolute Gasteiger partial charge is 0.246 e. The molecule has 1 aliphatic rings. The molecule has 0 saturated carbocycles. The summed E-state index contributed by atoms with van der Waals surface area (Å²) >= 11 is 0. The second-order valence-corrected chi connectivity index (χ2v) is 5.41. The highest BCUT2D eigenvalue weighted by molar-refractivity contribution is 5.88. The number of nitrogens with one attached hydrogen (secondary N) is 2. The molecule has 2 aromatic rings. The minimum atomic E-state index is -0.153. The Bertz CT molecular complexity index is 683. The predicted molar refractivity (Wildman–Crippen MR) is 83.3 cm³/mol. The number of piperidine rings is 1. The van der Waals surface area contributed by atoms with Crippen molar-refractivity contribution in [1.29, 1.82) is 0 Å². The summed E-state index contributed by atoms with van der Waals surface area (Å²) in [6, 6.07) is 1.87. The fraction of sp³-hybridized carbons (Fsp3) is 0.400. The maximum atomic E-state index is 11.9. The van der Waals surface area contributed by atoms with E-state index in [0.717, 1.165) is 29.7 Å². The Labute approximate surface area is 128 Å². The number of carbonyl (C=O) groups is 1. The third-order valence-electron chi connectivity index (χ3n) is 4.07. The second-order valence-electron chi connectivity index (χ2n) is 5.41. The Morgan fingerprint density at radius 2 is 2.41 bits per heavy atom. The van der Waals surface area contributed by atoms with Gasteiger partial charge in [-0.25, -0.2) is 9.97 Å². The highest BCUT2D eigenvalue weighted by Crippen LogP contribution is 2.23. The van der Waals surface area contributed by atoms with Crippen LogP contribution in [0.15, 0.2) is 31.2 Å². The number of H-pyrrole nitrogens is 1. The maximum Gasteiger partial charge on any atom is 0.246 e. The monoisotopic (exact) mass is 301 g/mol. The van der Waals surface area contributed by atoms with E-state index in [1.165, 1.54) is 12.4 Å². The van der Waals surface area contributed by atoms with Gasteiger partial charge >= 0.3 is 0 Å². The van der Waals surface area contributed by atoms with E-state index in [0.29, 0.717) is 6.54 Å². The molecule has 7 nitrogen and oxygen atoms in total. The van der Waals surface area contributed by atoms with Gasteiger partial charge in [0.15, 0.2) is 0 Å². The number of hydrogen-bond donors (Lipinski definition) is 3. The van der Waals surface area contributed by atoms with Gasteiger partial charge < -0.3 is 20.3 Å². The van der Waals surface area contributed by atoms with Crippen molar-refractivity contribution in [3.05, 3.63) is 31.2 Å². The van der Waals surface area contributed by atoms with Crippen LogP contribution in [0.1, 0.15) is 12.8 Å². The molecule has 2 atom stereocenters. The molecule has 0 bridgehead atoms. The third kappa shape index (κ3) is 2.67. The Hall–Kier alpha value is -2.41. The number of aromatic nitrogens is 3. The summed E-state index contributed by atoms with van der Waals surface area (Å²) < 4.78 is 0. The van der Waals surface area contributed by atoms with Gasteiger partial charge in [0.2, 0.25) is 5.91 Å². The summed E-state index contributed by atoms with van der Waals surface area (Å²) in [5.41, 5.74) is 0.778. The van der Waals surface area contributed by atoms with Gasteiger partial charge in [-0.1, -0.05) is 6.58 Å². The third-order valence-corrected chi connectivity index (χ3v) is 4.07. The Morgan fingerprint density at radius 3 is 3.18 bits per heavy atom. The van der Waals surface area contributed by atoms with Crippen molar-refractivity contribution < 1.29 is 9.90 Å². The molecule has 2 aromatic heterocycles. The molecule has 3 N–H and O–H groups in total. The molecule has 7 heteroatoms. The van der Waals surface area contributed by atoms with Gasteiger partial charge in [0, 0.05) is 18.8 Å². The number of anilines is 1. The van der Waals surface area contributed by atoms with Crippen molar-refractivity contribution in [1.82, 2.24) is 19.9 Å². The Balaban J connectivity index is 1.77. The van der Waals surface area contributed by atoms with E-state index < -0.39 is 0 Å². The zero-order valence-electron chi connectivity index (χ0n) is 12.2. The quantitative estimate of drug-likeness (QED) is 0.730. The second kappa shape index (κ2) is 6.15. The van der Waals surface area contributed by atoms with E-state index in [1.54, 1.807) is 4.90 Å². The van der Waals surface area contributed by atoms with Crippen molar-refractivity contribution in [2.75, 3.05) is 18.5 Å². The number of aliphatic hydroxyl groups excluding tert-OH is 1. The summed E-state index contributed by atoms with van der Waals surface area (Å²) in [6.07, 6.45) is 6.23. The van der Waals surface area contributed by atoms with Gasteiger partial charge in [-0.3, -0.25) is 4.79 Å². The van der Waals surface area contributed by atoms with E-state index in [1.807, 2.05) is 12.3 Å². The molecule has 1 fully saturated rings. The van der Waals surface area contributed by atoms with Crippen molar-refractivity contribution in [2.24, 2.45) is 0 Å². The number of nitrogens with zero attached hydrogens (tertiary/aromatic N) is 3. The number of aromatic amines is 1. The van der Waals surface area contributed by atoms with E-state index in [2.05, 4.69) is 26.8 Å². The number of likely N-dealkylation sites (tertiary alicyclic amines) is 1. The first-order chi connectivity index (χ1) is 10.7. The van der Waals surface area contributed by atoms with Gasteiger partial charge in [0.05, 0.1) is 18.0 Å². The van der Waals surface area contributed by atoms with Gasteiger partial charge in [0.1, 0.15) is 17.8 Å². The van der Waals surface area contributed by atoms with Crippen LogP contribution in [0.25, 0.3) is 11.0 Å². The minimum absolute atomic E-state index is 0.0259. The molecule has 116 valence electrons. The van der Waals surface area contributed by atoms with Crippen LogP contribution in [0.2, 0.25) is 0 Å². The first-order valence-electron chi connectivity index (χ1n) is 7.31. The van der Waals surface area contributed by atoms with E-state index in [4.69, 9.17) is 0 Å². The predicted octanol–water partition coefficient (Wildman–Crippen LogP) is 0.908. The number of fused-ring (bicyclic) bond motifs is 1. The number of rotatable bonds is 4. The summed E-state index contributed by atoms with van der Waals surface area (Å²) in [5, 5.41) is 13.7. The lowest BCUT2D eigenvalue weighted by Crippen LogP contribution is -2.51. The highest BCUT2D eigenvalue weighted by atomic mass is 16.3. The average Bonchev–Trinajstić information content (AvgIpc) is 3.03. The largest absolute Gasteiger partial charge is 0.394 e. The van der Waals surface area contributed by atoms with Crippen LogP contribution in [-0.4, -0.2) is 56.1 Å². The van der Waals surface area contributed by atoms with Crippen LogP contribution in [0.3, 0.4) is 0 Å². The maximum absolute atomic E-state index is 11.9. The topological polar surface area (TPSA) is 94.1 Å². The zero-order chi connectivity index (χ0) is 15.5. The molecular formula is C15H19N5O2. The number of carbonyl (C=O) groups excluding carboxylic acids is 1. The number of amides is 1. The van der Waals surface area contributed by atoms with Crippen LogP contribution in [0.4, 0.5) is 5.82 Å². The molecule has 3 rings (SSSR count). The SMILES string of the molecule is C=CC(=O)N1C[C@H](Nc2ncnc3[nH]ccc23)CC[C@@H]1CO. The molecule has 0 unspecified atom stereocenters. The van der Waals surface area contributed by atoms with Crippen molar-refractivity contribution in [3.8, 4) is 0 Å². The molecule has 1 amide bonds. The minimum Gasteiger partial charge on any atom is -0.394 e. The van der Waals surface area contributed by atoms with Crippen LogP contribution in [-0.2, 0) is 4.79 Å². The molecular weight excluding hydrogens is 282 g/mol. The highest BCUT2D eigenvalue weighted by Gasteiger charge is 2.30. The molecule has 0 aliphatic carbocycles. The van der Waals surface area contributed by atoms with E-state index >= 15 is 0 Å². The van der Waals surface area contributed by atoms with E-state index in [9.17, 15) is 9.90 Å². The lowest BCUT2D eigenvalue weighted by atomic mass is 9.98. The average molecular weight is 301 g/mol. The van der Waals surface area contributed by atoms with Gasteiger partial charge in [-0.05, 0) is 25.0 Å². The Kier molecular flexibility index (Phi) is 4.06. The van der Waals surface area contributed by atoms with Crippen LogP contribution in [0.5, 0.6) is 0 Å². The molecule has 22 heavy (non-hydrogen) atoms. The molecule has 0 spiro atoms. The molecule has 3 heterocycles. The van der Waals surface area contributed by atoms with Crippen LogP contribution >= 0.6 is 0 Å². The van der Waals surface area contributed by atoms with Gasteiger partial charge in [0.25, 0.3) is 0 Å². The van der Waals surface area contributed by atoms with Gasteiger partial charge in [-0.15, -0.1) is 0 Å². The standard InChI is InChI=1S/C15H19N5O2/c1-2-13(22)20-7-10(3-4-11(20)8-21)19-15-12-5-6-16-14(12)17-9-18-15/h2,5-6,9-11,21H,1,3-4,7-8H2,(H2,16,17,18,19)/t10-,11-/m1/s1.